The van der Waals surface area contributed by atoms with Crippen molar-refractivity contribution in [3.63, 3.8) is 0 Å². The van der Waals surface area contributed by atoms with Gasteiger partial charge in [0.1, 0.15) is 11.6 Å². The first kappa shape index (κ1) is 11.7. The number of aryl methyl sites for hydroxylation is 2. The van der Waals surface area contributed by atoms with Crippen LogP contribution in [-0.4, -0.2) is 9.78 Å². The van der Waals surface area contributed by atoms with E-state index in [2.05, 4.69) is 11.2 Å². The highest BCUT2D eigenvalue weighted by Gasteiger charge is 2.15. The fourth-order valence-electron chi connectivity index (χ4n) is 1.73. The zero-order valence-corrected chi connectivity index (χ0v) is 10.5. The summed E-state index contributed by atoms with van der Waals surface area (Å²) in [4.78, 5) is 0. The smallest absolute Gasteiger partial charge is 0.150 e. The summed E-state index contributed by atoms with van der Waals surface area (Å²) in [7, 11) is 0. The molecule has 0 amide bonds. The standard InChI is InChI=1S/C13H12ClN3/c1-3-12-11(8-15)13(14)17(16-12)10-6-4-5-9(2)7-10/h4-7H,3H2,1-2H3. The lowest BCUT2D eigenvalue weighted by atomic mass is 10.2. The quantitative estimate of drug-likeness (QED) is 0.815. The van der Waals surface area contributed by atoms with Gasteiger partial charge in [-0.2, -0.15) is 10.4 Å². The highest BCUT2D eigenvalue weighted by Crippen LogP contribution is 2.23. The minimum absolute atomic E-state index is 0.384. The van der Waals surface area contributed by atoms with Gasteiger partial charge in [-0.25, -0.2) is 4.68 Å². The third-order valence-electron chi connectivity index (χ3n) is 2.59. The van der Waals surface area contributed by atoms with E-state index in [-0.39, 0.29) is 0 Å². The van der Waals surface area contributed by atoms with Crippen molar-refractivity contribution in [2.75, 3.05) is 0 Å². The molecule has 0 saturated carbocycles. The van der Waals surface area contributed by atoms with Crippen LogP contribution in [0.15, 0.2) is 24.3 Å². The van der Waals surface area contributed by atoms with Crippen LogP contribution in [0.3, 0.4) is 0 Å². The van der Waals surface area contributed by atoms with Gasteiger partial charge in [-0.05, 0) is 31.0 Å². The van der Waals surface area contributed by atoms with Crippen molar-refractivity contribution in [2.24, 2.45) is 0 Å². The Labute approximate surface area is 105 Å². The second-order valence-electron chi connectivity index (χ2n) is 3.83. The van der Waals surface area contributed by atoms with Crippen LogP contribution in [0, 0.1) is 18.3 Å². The lowest BCUT2D eigenvalue weighted by Crippen LogP contribution is -1.97. The first-order chi connectivity index (χ1) is 8.17. The summed E-state index contributed by atoms with van der Waals surface area (Å²) in [5.41, 5.74) is 3.21. The van der Waals surface area contributed by atoms with Gasteiger partial charge in [-0.15, -0.1) is 0 Å². The van der Waals surface area contributed by atoms with E-state index in [9.17, 15) is 0 Å². The summed E-state index contributed by atoms with van der Waals surface area (Å²) in [5, 5.41) is 13.8. The van der Waals surface area contributed by atoms with Gasteiger partial charge in [0.2, 0.25) is 0 Å². The Bertz CT molecular complexity index is 593. The van der Waals surface area contributed by atoms with Crippen molar-refractivity contribution in [3.05, 3.63) is 46.2 Å². The van der Waals surface area contributed by atoms with Crippen LogP contribution in [0.1, 0.15) is 23.7 Å². The van der Waals surface area contributed by atoms with Crippen LogP contribution >= 0.6 is 11.6 Å². The van der Waals surface area contributed by atoms with Crippen molar-refractivity contribution in [2.45, 2.75) is 20.3 Å². The van der Waals surface area contributed by atoms with Crippen LogP contribution in [0.4, 0.5) is 0 Å². The van der Waals surface area contributed by atoms with Crippen molar-refractivity contribution in [1.82, 2.24) is 9.78 Å². The molecule has 0 bridgehead atoms. The molecular weight excluding hydrogens is 234 g/mol. The molecule has 0 aliphatic carbocycles. The third kappa shape index (κ3) is 2.04. The lowest BCUT2D eigenvalue weighted by molar-refractivity contribution is 0.841. The van der Waals surface area contributed by atoms with E-state index in [1.54, 1.807) is 4.68 Å². The molecule has 4 heteroatoms. The fourth-order valence-corrected chi connectivity index (χ4v) is 2.02. The van der Waals surface area contributed by atoms with E-state index >= 15 is 0 Å². The van der Waals surface area contributed by atoms with E-state index in [1.165, 1.54) is 0 Å². The van der Waals surface area contributed by atoms with Gasteiger partial charge < -0.3 is 0 Å². The molecule has 0 N–H and O–H groups in total. The van der Waals surface area contributed by atoms with E-state index in [0.717, 1.165) is 16.9 Å². The van der Waals surface area contributed by atoms with Crippen LogP contribution in [0.5, 0.6) is 0 Å². The van der Waals surface area contributed by atoms with E-state index in [0.29, 0.717) is 17.1 Å². The summed E-state index contributed by atoms with van der Waals surface area (Å²) in [6, 6.07) is 9.96. The maximum absolute atomic E-state index is 9.06. The molecule has 0 radical (unpaired) electrons. The number of hydrogen-bond acceptors (Lipinski definition) is 2. The highest BCUT2D eigenvalue weighted by atomic mass is 35.5. The maximum atomic E-state index is 9.06. The van der Waals surface area contributed by atoms with Crippen molar-refractivity contribution < 1.29 is 0 Å². The molecular formula is C13H12ClN3. The average Bonchev–Trinajstić information content (AvgIpc) is 2.65. The zero-order chi connectivity index (χ0) is 12.4. The second-order valence-corrected chi connectivity index (χ2v) is 4.19. The molecule has 3 nitrogen and oxygen atoms in total. The first-order valence-corrected chi connectivity index (χ1v) is 5.79. The Morgan fingerprint density at radius 2 is 2.24 bits per heavy atom. The lowest BCUT2D eigenvalue weighted by Gasteiger charge is -2.03. The molecule has 0 aliphatic heterocycles. The maximum Gasteiger partial charge on any atom is 0.150 e. The molecule has 1 aromatic heterocycles. The number of benzene rings is 1. The molecule has 0 unspecified atom stereocenters. The number of rotatable bonds is 2. The highest BCUT2D eigenvalue weighted by molar-refractivity contribution is 6.31. The first-order valence-electron chi connectivity index (χ1n) is 5.42. The normalized spacial score (nSPS) is 10.2. The van der Waals surface area contributed by atoms with Gasteiger partial charge in [0.25, 0.3) is 0 Å². The Hall–Kier alpha value is -1.79. The van der Waals surface area contributed by atoms with Crippen molar-refractivity contribution in [1.29, 1.82) is 5.26 Å². The van der Waals surface area contributed by atoms with Crippen molar-refractivity contribution >= 4 is 11.6 Å². The van der Waals surface area contributed by atoms with Crippen LogP contribution in [-0.2, 0) is 6.42 Å². The van der Waals surface area contributed by atoms with Gasteiger partial charge in [-0.1, -0.05) is 30.7 Å². The second kappa shape index (κ2) is 4.60. The minimum atomic E-state index is 0.384. The Balaban J connectivity index is 2.61. The zero-order valence-electron chi connectivity index (χ0n) is 9.74. The number of aromatic nitrogens is 2. The van der Waals surface area contributed by atoms with Crippen molar-refractivity contribution in [3.8, 4) is 11.8 Å². The number of hydrogen-bond donors (Lipinski definition) is 0. The number of nitrogens with zero attached hydrogens (tertiary/aromatic N) is 3. The van der Waals surface area contributed by atoms with Crippen LogP contribution in [0.2, 0.25) is 5.15 Å². The Kier molecular flexibility index (Phi) is 3.16. The largest absolute Gasteiger partial charge is 0.221 e. The van der Waals surface area contributed by atoms with E-state index in [4.69, 9.17) is 16.9 Å². The molecule has 0 aliphatic rings. The molecule has 2 aromatic rings. The molecule has 1 aromatic carbocycles. The number of nitriles is 1. The topological polar surface area (TPSA) is 41.6 Å². The van der Waals surface area contributed by atoms with Gasteiger partial charge in [-0.3, -0.25) is 0 Å². The molecule has 17 heavy (non-hydrogen) atoms. The fraction of sp³-hybridized carbons (Fsp3) is 0.231. The summed E-state index contributed by atoms with van der Waals surface area (Å²) in [6.45, 7) is 3.97. The molecule has 86 valence electrons. The predicted molar refractivity (Wildman–Crippen MR) is 67.4 cm³/mol. The van der Waals surface area contributed by atoms with Gasteiger partial charge in [0.15, 0.2) is 5.15 Å². The third-order valence-corrected chi connectivity index (χ3v) is 2.94. The minimum Gasteiger partial charge on any atom is -0.221 e. The monoisotopic (exact) mass is 245 g/mol. The summed E-state index contributed by atoms with van der Waals surface area (Å²) >= 11 is 6.17. The predicted octanol–water partition coefficient (Wildman–Crippen LogP) is 3.27. The molecule has 0 fully saturated rings. The average molecular weight is 246 g/mol. The Morgan fingerprint density at radius 3 is 2.76 bits per heavy atom. The van der Waals surface area contributed by atoms with Crippen LogP contribution in [0.25, 0.3) is 5.69 Å². The van der Waals surface area contributed by atoms with E-state index < -0.39 is 0 Å². The van der Waals surface area contributed by atoms with Gasteiger partial charge >= 0.3 is 0 Å². The molecule has 1 heterocycles. The van der Waals surface area contributed by atoms with Gasteiger partial charge in [0.05, 0.1) is 11.4 Å². The number of halogens is 1. The molecule has 0 atom stereocenters. The molecule has 0 spiro atoms. The summed E-state index contributed by atoms with van der Waals surface area (Å²) < 4.78 is 1.62. The molecule has 0 saturated heterocycles. The summed E-state index contributed by atoms with van der Waals surface area (Å²) in [6.07, 6.45) is 0.696. The van der Waals surface area contributed by atoms with E-state index in [1.807, 2.05) is 38.1 Å². The SMILES string of the molecule is CCc1nn(-c2cccc(C)c2)c(Cl)c1C#N. The van der Waals surface area contributed by atoms with Crippen LogP contribution < -0.4 is 0 Å². The van der Waals surface area contributed by atoms with Gasteiger partial charge in [0, 0.05) is 0 Å². The summed E-state index contributed by atoms with van der Waals surface area (Å²) in [5.74, 6) is 0. The molecule has 2 rings (SSSR count). The Morgan fingerprint density at radius 1 is 1.47 bits per heavy atom.